The maximum Gasteiger partial charge on any atom is 0.0607 e. The van der Waals surface area contributed by atoms with Gasteiger partial charge in [-0.15, -0.1) is 11.3 Å². The number of nitrogens with zero attached hydrogens (tertiary/aromatic N) is 1. The van der Waals surface area contributed by atoms with Gasteiger partial charge in [-0.05, 0) is 80.1 Å². The van der Waals surface area contributed by atoms with Gasteiger partial charge in [0.25, 0.3) is 0 Å². The molecular weight excluding hydrogens is 332 g/mol. The van der Waals surface area contributed by atoms with Crippen LogP contribution in [0.2, 0.25) is 0 Å². The molecule has 0 aromatic carbocycles. The standard InChI is InChI=1S/C16H27BrN2S/c1-4-9-18-15(14-13(17)8-12-20-14)16(2,3)19-10-6-5-7-11-19/h8,12,15,18H,4-7,9-11H2,1-3H3. The van der Waals surface area contributed by atoms with Gasteiger partial charge in [0.1, 0.15) is 0 Å². The highest BCUT2D eigenvalue weighted by Gasteiger charge is 2.37. The van der Waals surface area contributed by atoms with Crippen molar-refractivity contribution in [1.29, 1.82) is 0 Å². The molecule has 1 aromatic heterocycles. The number of likely N-dealkylation sites (tertiary alicyclic amines) is 1. The molecule has 1 unspecified atom stereocenters. The molecule has 0 bridgehead atoms. The highest BCUT2D eigenvalue weighted by Crippen LogP contribution is 2.39. The number of hydrogen-bond donors (Lipinski definition) is 1. The van der Waals surface area contributed by atoms with Gasteiger partial charge < -0.3 is 5.32 Å². The first kappa shape index (κ1) is 16.5. The molecule has 0 spiro atoms. The molecule has 20 heavy (non-hydrogen) atoms. The molecule has 1 N–H and O–H groups in total. The van der Waals surface area contributed by atoms with Crippen LogP contribution in [0.1, 0.15) is 57.4 Å². The third kappa shape index (κ3) is 3.65. The molecule has 1 aromatic rings. The van der Waals surface area contributed by atoms with Crippen molar-refractivity contribution in [2.24, 2.45) is 0 Å². The average molecular weight is 359 g/mol. The van der Waals surface area contributed by atoms with Crippen molar-refractivity contribution in [3.63, 3.8) is 0 Å². The molecule has 2 rings (SSSR count). The quantitative estimate of drug-likeness (QED) is 0.784. The van der Waals surface area contributed by atoms with Gasteiger partial charge in [-0.2, -0.15) is 0 Å². The van der Waals surface area contributed by atoms with E-state index in [1.807, 2.05) is 11.3 Å². The third-order valence-corrected chi connectivity index (χ3v) is 6.32. The molecule has 0 aliphatic carbocycles. The summed E-state index contributed by atoms with van der Waals surface area (Å²) in [6.07, 6.45) is 5.25. The average Bonchev–Trinajstić information content (AvgIpc) is 2.86. The summed E-state index contributed by atoms with van der Waals surface area (Å²) in [5, 5.41) is 5.98. The van der Waals surface area contributed by atoms with Crippen LogP contribution in [0.3, 0.4) is 0 Å². The fourth-order valence-corrected chi connectivity index (χ4v) is 4.97. The van der Waals surface area contributed by atoms with E-state index in [2.05, 4.69) is 58.4 Å². The lowest BCUT2D eigenvalue weighted by atomic mass is 9.89. The maximum atomic E-state index is 3.79. The monoisotopic (exact) mass is 358 g/mol. The predicted molar refractivity (Wildman–Crippen MR) is 92.6 cm³/mol. The summed E-state index contributed by atoms with van der Waals surface area (Å²) in [5.74, 6) is 0. The molecule has 0 radical (unpaired) electrons. The van der Waals surface area contributed by atoms with Crippen LogP contribution in [0.5, 0.6) is 0 Å². The Balaban J connectivity index is 2.22. The van der Waals surface area contributed by atoms with Crippen LogP contribution in [-0.4, -0.2) is 30.1 Å². The van der Waals surface area contributed by atoms with Gasteiger partial charge in [0.05, 0.1) is 6.04 Å². The maximum absolute atomic E-state index is 3.79. The summed E-state index contributed by atoms with van der Waals surface area (Å²) in [4.78, 5) is 4.12. The van der Waals surface area contributed by atoms with E-state index in [1.54, 1.807) is 0 Å². The van der Waals surface area contributed by atoms with E-state index in [9.17, 15) is 0 Å². The minimum absolute atomic E-state index is 0.156. The molecule has 2 heterocycles. The summed E-state index contributed by atoms with van der Waals surface area (Å²) >= 11 is 5.59. The number of thiophene rings is 1. The summed E-state index contributed by atoms with van der Waals surface area (Å²) in [6.45, 7) is 10.6. The minimum Gasteiger partial charge on any atom is -0.308 e. The van der Waals surface area contributed by atoms with E-state index in [0.717, 1.165) is 6.54 Å². The molecule has 0 amide bonds. The second-order valence-electron chi connectivity index (χ2n) is 6.22. The van der Waals surface area contributed by atoms with Gasteiger partial charge in [0.15, 0.2) is 0 Å². The number of rotatable bonds is 6. The van der Waals surface area contributed by atoms with Crippen molar-refractivity contribution in [2.75, 3.05) is 19.6 Å². The topological polar surface area (TPSA) is 15.3 Å². The van der Waals surface area contributed by atoms with E-state index >= 15 is 0 Å². The molecule has 1 aliphatic heterocycles. The van der Waals surface area contributed by atoms with Crippen molar-refractivity contribution in [3.8, 4) is 0 Å². The first-order valence-corrected chi connectivity index (χ1v) is 9.46. The minimum atomic E-state index is 0.156. The first-order chi connectivity index (χ1) is 9.57. The lowest BCUT2D eigenvalue weighted by molar-refractivity contribution is 0.0617. The Morgan fingerprint density at radius 3 is 2.60 bits per heavy atom. The molecule has 1 atom stereocenters. The smallest absolute Gasteiger partial charge is 0.0607 e. The van der Waals surface area contributed by atoms with Crippen LogP contribution in [-0.2, 0) is 0 Å². The fourth-order valence-electron chi connectivity index (χ4n) is 3.12. The Labute approximate surface area is 136 Å². The Hall–Kier alpha value is 0.1000. The van der Waals surface area contributed by atoms with Crippen LogP contribution in [0.25, 0.3) is 0 Å². The van der Waals surface area contributed by atoms with Crippen molar-refractivity contribution in [2.45, 2.75) is 58.0 Å². The van der Waals surface area contributed by atoms with Crippen LogP contribution in [0.15, 0.2) is 15.9 Å². The van der Waals surface area contributed by atoms with E-state index in [-0.39, 0.29) is 5.54 Å². The molecule has 114 valence electrons. The summed E-state index contributed by atoms with van der Waals surface area (Å²) in [7, 11) is 0. The zero-order valence-corrected chi connectivity index (χ0v) is 15.3. The molecule has 1 fully saturated rings. The second kappa shape index (κ2) is 7.39. The number of hydrogen-bond acceptors (Lipinski definition) is 3. The lowest BCUT2D eigenvalue weighted by Crippen LogP contribution is -2.54. The molecule has 0 saturated carbocycles. The van der Waals surface area contributed by atoms with Crippen LogP contribution in [0, 0.1) is 0 Å². The van der Waals surface area contributed by atoms with Gasteiger partial charge >= 0.3 is 0 Å². The van der Waals surface area contributed by atoms with E-state index in [1.165, 1.54) is 48.1 Å². The van der Waals surface area contributed by atoms with Crippen molar-refractivity contribution in [1.82, 2.24) is 10.2 Å². The lowest BCUT2D eigenvalue weighted by Gasteiger charge is -2.46. The van der Waals surface area contributed by atoms with Gasteiger partial charge in [-0.1, -0.05) is 13.3 Å². The Kier molecular flexibility index (Phi) is 6.09. The van der Waals surface area contributed by atoms with Gasteiger partial charge in [0.2, 0.25) is 0 Å². The third-order valence-electron chi connectivity index (χ3n) is 4.38. The van der Waals surface area contributed by atoms with Crippen molar-refractivity contribution in [3.05, 3.63) is 20.8 Å². The summed E-state index contributed by atoms with van der Waals surface area (Å²) in [6, 6.07) is 2.57. The van der Waals surface area contributed by atoms with E-state index < -0.39 is 0 Å². The number of nitrogens with one attached hydrogen (secondary N) is 1. The Morgan fingerprint density at radius 2 is 2.05 bits per heavy atom. The second-order valence-corrected chi connectivity index (χ2v) is 8.02. The number of halogens is 1. The highest BCUT2D eigenvalue weighted by atomic mass is 79.9. The Bertz CT molecular complexity index is 410. The SMILES string of the molecule is CCCNC(c1sccc1Br)C(C)(C)N1CCCCC1. The predicted octanol–water partition coefficient (Wildman–Crippen LogP) is 4.82. The van der Waals surface area contributed by atoms with E-state index in [0.29, 0.717) is 6.04 Å². The summed E-state index contributed by atoms with van der Waals surface area (Å²) in [5.41, 5.74) is 0.156. The largest absolute Gasteiger partial charge is 0.308 e. The Morgan fingerprint density at radius 1 is 1.35 bits per heavy atom. The van der Waals surface area contributed by atoms with Gasteiger partial charge in [-0.3, -0.25) is 4.90 Å². The zero-order chi connectivity index (χ0) is 14.6. The number of piperidine rings is 1. The van der Waals surface area contributed by atoms with Crippen LogP contribution >= 0.6 is 27.3 Å². The molecule has 4 heteroatoms. The molecule has 1 aliphatic rings. The van der Waals surface area contributed by atoms with Crippen LogP contribution < -0.4 is 5.32 Å². The van der Waals surface area contributed by atoms with Crippen molar-refractivity contribution >= 4 is 27.3 Å². The molecular formula is C16H27BrN2S. The van der Waals surface area contributed by atoms with Crippen LogP contribution in [0.4, 0.5) is 0 Å². The van der Waals surface area contributed by atoms with Gasteiger partial charge in [-0.25, -0.2) is 0 Å². The van der Waals surface area contributed by atoms with Crippen molar-refractivity contribution < 1.29 is 0 Å². The first-order valence-electron chi connectivity index (χ1n) is 7.78. The highest BCUT2D eigenvalue weighted by molar-refractivity contribution is 9.10. The van der Waals surface area contributed by atoms with Gasteiger partial charge in [0, 0.05) is 14.9 Å². The van der Waals surface area contributed by atoms with E-state index in [4.69, 9.17) is 0 Å². The molecule has 2 nitrogen and oxygen atoms in total. The fraction of sp³-hybridized carbons (Fsp3) is 0.750. The summed E-state index contributed by atoms with van der Waals surface area (Å²) < 4.78 is 1.25. The normalized spacial score (nSPS) is 19.2. The molecule has 1 saturated heterocycles. The zero-order valence-electron chi connectivity index (χ0n) is 12.9.